The molecule has 0 atom stereocenters. The number of aromatic nitrogens is 1. The van der Waals surface area contributed by atoms with Gasteiger partial charge in [0, 0.05) is 18.2 Å². The van der Waals surface area contributed by atoms with Gasteiger partial charge in [-0.15, -0.1) is 0 Å². The number of nitrogens with zero attached hydrogens (tertiary/aromatic N) is 2. The summed E-state index contributed by atoms with van der Waals surface area (Å²) in [6.45, 7) is 0. The highest BCUT2D eigenvalue weighted by atomic mass is 19.1. The molecule has 5 nitrogen and oxygen atoms in total. The van der Waals surface area contributed by atoms with Gasteiger partial charge in [-0.05, 0) is 12.1 Å². The van der Waals surface area contributed by atoms with Gasteiger partial charge in [0.05, 0.1) is 4.92 Å². The van der Waals surface area contributed by atoms with Crippen LogP contribution in [-0.4, -0.2) is 9.91 Å². The van der Waals surface area contributed by atoms with Crippen molar-refractivity contribution in [3.63, 3.8) is 0 Å². The van der Waals surface area contributed by atoms with Gasteiger partial charge in [0.1, 0.15) is 12.0 Å². The summed E-state index contributed by atoms with van der Waals surface area (Å²) < 4.78 is 31.1. The third kappa shape index (κ3) is 2.57. The monoisotopic (exact) mass is 252 g/mol. The summed E-state index contributed by atoms with van der Waals surface area (Å²) in [6.07, 6.45) is 0.965. The number of hydrogen-bond acceptors (Lipinski definition) is 4. The first-order valence-corrected chi connectivity index (χ1v) is 4.79. The molecule has 7 heteroatoms. The van der Waals surface area contributed by atoms with Crippen molar-refractivity contribution in [2.75, 3.05) is 0 Å². The molecular formula is C11H6F2N2O3. The summed E-state index contributed by atoms with van der Waals surface area (Å²) in [7, 11) is 0. The smallest absolute Gasteiger partial charge is 0.287 e. The number of nitro groups is 1. The summed E-state index contributed by atoms with van der Waals surface area (Å²) in [5.41, 5.74) is -0.220. The van der Waals surface area contributed by atoms with E-state index in [1.807, 2.05) is 0 Å². The van der Waals surface area contributed by atoms with Crippen LogP contribution >= 0.6 is 0 Å². The largest absolute Gasteiger partial charge is 0.436 e. The quantitative estimate of drug-likeness (QED) is 0.622. The van der Waals surface area contributed by atoms with Gasteiger partial charge in [0.2, 0.25) is 5.88 Å². The van der Waals surface area contributed by atoms with E-state index in [4.69, 9.17) is 4.74 Å². The van der Waals surface area contributed by atoms with Crippen LogP contribution in [0.5, 0.6) is 11.6 Å². The minimum absolute atomic E-state index is 0.0647. The van der Waals surface area contributed by atoms with Crippen molar-refractivity contribution in [1.82, 2.24) is 4.98 Å². The summed E-state index contributed by atoms with van der Waals surface area (Å²) in [4.78, 5) is 13.4. The third-order valence-corrected chi connectivity index (χ3v) is 2.04. The number of hydrogen-bond donors (Lipinski definition) is 0. The lowest BCUT2D eigenvalue weighted by Gasteiger charge is -2.05. The highest BCUT2D eigenvalue weighted by molar-refractivity contribution is 5.33. The lowest BCUT2D eigenvalue weighted by atomic mass is 10.3. The molecule has 1 heterocycles. The van der Waals surface area contributed by atoms with Crippen LogP contribution in [-0.2, 0) is 0 Å². The zero-order valence-electron chi connectivity index (χ0n) is 8.84. The van der Waals surface area contributed by atoms with Crippen LogP contribution in [0.2, 0.25) is 0 Å². The van der Waals surface area contributed by atoms with E-state index in [2.05, 4.69) is 4.98 Å². The molecule has 0 fully saturated rings. The Labute approximate surface area is 99.8 Å². The summed E-state index contributed by atoms with van der Waals surface area (Å²) in [6, 6.07) is 5.07. The Hall–Kier alpha value is -2.57. The molecule has 2 aromatic rings. The first-order valence-electron chi connectivity index (χ1n) is 4.79. The van der Waals surface area contributed by atoms with Gasteiger partial charge in [-0.3, -0.25) is 10.1 Å². The summed E-state index contributed by atoms with van der Waals surface area (Å²) >= 11 is 0. The van der Waals surface area contributed by atoms with Gasteiger partial charge < -0.3 is 4.74 Å². The van der Waals surface area contributed by atoms with Crippen molar-refractivity contribution in [1.29, 1.82) is 0 Å². The molecule has 92 valence electrons. The molecule has 1 aromatic carbocycles. The molecule has 0 amide bonds. The molecule has 0 saturated heterocycles. The van der Waals surface area contributed by atoms with Gasteiger partial charge in [-0.25, -0.2) is 13.8 Å². The maximum absolute atomic E-state index is 13.2. The van der Waals surface area contributed by atoms with Crippen LogP contribution < -0.4 is 4.74 Å². The average Bonchev–Trinajstić information content (AvgIpc) is 2.34. The van der Waals surface area contributed by atoms with Crippen molar-refractivity contribution in [2.45, 2.75) is 0 Å². The normalized spacial score (nSPS) is 10.1. The Morgan fingerprint density at radius 3 is 2.61 bits per heavy atom. The molecule has 0 aliphatic rings. The van der Waals surface area contributed by atoms with E-state index in [-0.39, 0.29) is 17.3 Å². The second-order valence-corrected chi connectivity index (χ2v) is 3.29. The van der Waals surface area contributed by atoms with Gasteiger partial charge in [0.15, 0.2) is 11.6 Å². The van der Waals surface area contributed by atoms with E-state index < -0.39 is 16.6 Å². The predicted octanol–water partition coefficient (Wildman–Crippen LogP) is 3.06. The molecular weight excluding hydrogens is 246 g/mol. The van der Waals surface area contributed by atoms with Gasteiger partial charge in [-0.1, -0.05) is 0 Å². The number of rotatable bonds is 3. The van der Waals surface area contributed by atoms with Crippen LogP contribution in [0.4, 0.5) is 14.5 Å². The van der Waals surface area contributed by atoms with Crippen LogP contribution in [0.15, 0.2) is 36.5 Å². The van der Waals surface area contributed by atoms with E-state index >= 15 is 0 Å². The van der Waals surface area contributed by atoms with Crippen LogP contribution in [0.3, 0.4) is 0 Å². The van der Waals surface area contributed by atoms with Crippen molar-refractivity contribution >= 4 is 5.69 Å². The van der Waals surface area contributed by atoms with Gasteiger partial charge in [-0.2, -0.15) is 0 Å². The van der Waals surface area contributed by atoms with E-state index in [9.17, 15) is 18.9 Å². The average molecular weight is 252 g/mol. The SMILES string of the molecule is O=[N+]([O-])c1ccc(Oc2cc(F)ccc2F)nc1. The number of ether oxygens (including phenoxy) is 1. The Balaban J connectivity index is 2.23. The topological polar surface area (TPSA) is 65.3 Å². The van der Waals surface area contributed by atoms with Crippen molar-refractivity contribution < 1.29 is 18.4 Å². The Bertz CT molecular complexity index is 587. The number of halogens is 2. The van der Waals surface area contributed by atoms with E-state index in [0.29, 0.717) is 0 Å². The molecule has 0 N–H and O–H groups in total. The summed E-state index contributed by atoms with van der Waals surface area (Å²) in [5.74, 6) is -1.81. The van der Waals surface area contributed by atoms with Gasteiger partial charge >= 0.3 is 0 Å². The molecule has 0 aliphatic carbocycles. The fourth-order valence-corrected chi connectivity index (χ4v) is 1.21. The zero-order valence-corrected chi connectivity index (χ0v) is 8.84. The maximum Gasteiger partial charge on any atom is 0.287 e. The second kappa shape index (κ2) is 4.74. The third-order valence-electron chi connectivity index (χ3n) is 2.04. The fraction of sp³-hybridized carbons (Fsp3) is 0. The van der Waals surface area contributed by atoms with Crippen molar-refractivity contribution in [3.05, 3.63) is 58.3 Å². The van der Waals surface area contributed by atoms with Crippen molar-refractivity contribution in [3.8, 4) is 11.6 Å². The molecule has 0 bridgehead atoms. The zero-order chi connectivity index (χ0) is 13.1. The Kier molecular flexibility index (Phi) is 3.13. The fourth-order valence-electron chi connectivity index (χ4n) is 1.21. The van der Waals surface area contributed by atoms with Crippen LogP contribution in [0.1, 0.15) is 0 Å². The second-order valence-electron chi connectivity index (χ2n) is 3.29. The van der Waals surface area contributed by atoms with E-state index in [1.54, 1.807) is 0 Å². The minimum atomic E-state index is -0.753. The molecule has 0 aliphatic heterocycles. The molecule has 18 heavy (non-hydrogen) atoms. The Morgan fingerprint density at radius 2 is 2.00 bits per heavy atom. The standard InChI is InChI=1S/C11H6F2N2O3/c12-7-1-3-9(13)10(5-7)18-11-4-2-8(6-14-11)15(16)17/h1-6H. The lowest BCUT2D eigenvalue weighted by molar-refractivity contribution is -0.385. The maximum atomic E-state index is 13.2. The first kappa shape index (κ1) is 11.9. The van der Waals surface area contributed by atoms with Crippen molar-refractivity contribution in [2.24, 2.45) is 0 Å². The highest BCUT2D eigenvalue weighted by Gasteiger charge is 2.09. The molecule has 0 radical (unpaired) electrons. The summed E-state index contributed by atoms with van der Waals surface area (Å²) in [5, 5.41) is 10.4. The van der Waals surface area contributed by atoms with Gasteiger partial charge in [0.25, 0.3) is 5.69 Å². The molecule has 1 aromatic heterocycles. The predicted molar refractivity (Wildman–Crippen MR) is 57.3 cm³/mol. The molecule has 0 spiro atoms. The first-order chi connectivity index (χ1) is 8.56. The van der Waals surface area contributed by atoms with E-state index in [1.165, 1.54) is 6.07 Å². The Morgan fingerprint density at radius 1 is 1.22 bits per heavy atom. The number of benzene rings is 1. The molecule has 0 saturated carbocycles. The van der Waals surface area contributed by atoms with Crippen LogP contribution in [0, 0.1) is 21.7 Å². The number of pyridine rings is 1. The highest BCUT2D eigenvalue weighted by Crippen LogP contribution is 2.24. The lowest BCUT2D eigenvalue weighted by Crippen LogP contribution is -1.93. The van der Waals surface area contributed by atoms with E-state index in [0.717, 1.165) is 30.5 Å². The minimum Gasteiger partial charge on any atom is -0.436 e. The van der Waals surface area contributed by atoms with Crippen LogP contribution in [0.25, 0.3) is 0 Å². The molecule has 2 rings (SSSR count). The molecule has 0 unspecified atom stereocenters.